The van der Waals surface area contributed by atoms with Crippen LogP contribution < -0.4 is 10.4 Å². The number of para-hydroxylation sites is 1. The Hall–Kier alpha value is -2.55. The summed E-state index contributed by atoms with van der Waals surface area (Å²) in [5.74, 6) is 0.450. The van der Waals surface area contributed by atoms with Crippen molar-refractivity contribution in [2.24, 2.45) is 5.92 Å². The van der Waals surface area contributed by atoms with Crippen molar-refractivity contribution in [3.63, 3.8) is 0 Å². The summed E-state index contributed by atoms with van der Waals surface area (Å²) in [6, 6.07) is 20.2. The lowest BCUT2D eigenvalue weighted by Gasteiger charge is -2.26. The smallest absolute Gasteiger partial charge is 0.239 e. The molecule has 1 aliphatic rings. The third kappa shape index (κ3) is 4.46. The summed E-state index contributed by atoms with van der Waals surface area (Å²) in [5.41, 5.74) is 5.23. The van der Waals surface area contributed by atoms with Crippen molar-refractivity contribution in [1.29, 1.82) is 0 Å². The zero-order valence-electron chi connectivity index (χ0n) is 13.2. The number of rotatable bonds is 6. The maximum absolute atomic E-state index is 12.4. The molecule has 0 spiro atoms. The first-order chi connectivity index (χ1) is 11.3. The van der Waals surface area contributed by atoms with E-state index in [1.807, 2.05) is 53.5 Å². The number of nitrogens with one attached hydrogen (secondary N) is 1. The summed E-state index contributed by atoms with van der Waals surface area (Å²) in [4.78, 5) is 12.4. The van der Waals surface area contributed by atoms with Gasteiger partial charge >= 0.3 is 0 Å². The van der Waals surface area contributed by atoms with Gasteiger partial charge in [0.2, 0.25) is 5.91 Å². The van der Waals surface area contributed by atoms with Gasteiger partial charge in [0, 0.05) is 6.42 Å². The molecule has 2 aromatic carbocycles. The van der Waals surface area contributed by atoms with Gasteiger partial charge in [-0.25, -0.2) is 0 Å². The summed E-state index contributed by atoms with van der Waals surface area (Å²) in [7, 11) is 0. The molecule has 0 saturated heterocycles. The Bertz CT molecular complexity index is 652. The molecule has 2 aromatic rings. The van der Waals surface area contributed by atoms with Crippen LogP contribution in [0.15, 0.2) is 72.8 Å². The molecule has 1 amide bonds. The molecule has 3 rings (SSSR count). The highest BCUT2D eigenvalue weighted by Gasteiger charge is 2.16. The van der Waals surface area contributed by atoms with Crippen molar-refractivity contribution in [1.82, 2.24) is 5.43 Å². The average molecular weight is 306 g/mol. The van der Waals surface area contributed by atoms with Gasteiger partial charge in [0.05, 0.1) is 12.2 Å². The predicted octanol–water partition coefficient (Wildman–Crippen LogP) is 4.08. The minimum absolute atomic E-state index is 0.0707. The fourth-order valence-corrected chi connectivity index (χ4v) is 2.87. The van der Waals surface area contributed by atoms with Gasteiger partial charge in [-0.15, -0.1) is 0 Å². The number of carbonyl (C=O) groups excluding carboxylic acids is 1. The number of hydrogen-bond donors (Lipinski definition) is 1. The number of allylic oxidation sites excluding steroid dienone is 2. The van der Waals surface area contributed by atoms with E-state index in [4.69, 9.17) is 0 Å². The van der Waals surface area contributed by atoms with E-state index in [-0.39, 0.29) is 5.91 Å². The molecule has 1 unspecified atom stereocenters. The number of nitrogens with zero attached hydrogens (tertiary/aromatic N) is 1. The van der Waals surface area contributed by atoms with Gasteiger partial charge in [0.1, 0.15) is 0 Å². The van der Waals surface area contributed by atoms with E-state index in [1.54, 1.807) is 0 Å². The van der Waals surface area contributed by atoms with E-state index in [2.05, 4.69) is 29.7 Å². The van der Waals surface area contributed by atoms with Gasteiger partial charge in [0.15, 0.2) is 0 Å². The number of hydrogen-bond acceptors (Lipinski definition) is 2. The third-order valence-corrected chi connectivity index (χ3v) is 4.07. The van der Waals surface area contributed by atoms with E-state index in [1.165, 1.54) is 0 Å². The minimum Gasteiger partial charge on any atom is -0.281 e. The Morgan fingerprint density at radius 1 is 1.04 bits per heavy atom. The third-order valence-electron chi connectivity index (χ3n) is 4.07. The van der Waals surface area contributed by atoms with Crippen LogP contribution in [-0.4, -0.2) is 5.91 Å². The molecule has 1 atom stereocenters. The standard InChI is InChI=1S/C20H22N2O/c23-20(15-17-9-7-8-10-17)21-22(19-13-5-2-6-14-19)16-18-11-3-1-4-12-18/h1-7,9,11-14,17H,8,10,15-16H2,(H,21,23). The zero-order valence-corrected chi connectivity index (χ0v) is 13.2. The molecule has 0 fully saturated rings. The lowest BCUT2D eigenvalue weighted by molar-refractivity contribution is -0.121. The Labute approximate surface area is 137 Å². The molecule has 1 N–H and O–H groups in total. The maximum Gasteiger partial charge on any atom is 0.239 e. The Morgan fingerprint density at radius 2 is 1.74 bits per heavy atom. The monoisotopic (exact) mass is 306 g/mol. The Kier molecular flexibility index (Phi) is 5.09. The Balaban J connectivity index is 1.69. The molecule has 0 aromatic heterocycles. The lowest BCUT2D eigenvalue weighted by atomic mass is 10.1. The van der Waals surface area contributed by atoms with Crippen LogP contribution >= 0.6 is 0 Å². The second kappa shape index (κ2) is 7.63. The van der Waals surface area contributed by atoms with E-state index >= 15 is 0 Å². The highest BCUT2D eigenvalue weighted by atomic mass is 16.2. The van der Waals surface area contributed by atoms with Crippen LogP contribution in [-0.2, 0) is 11.3 Å². The fraction of sp³-hybridized carbons (Fsp3) is 0.250. The molecule has 118 valence electrons. The van der Waals surface area contributed by atoms with Crippen molar-refractivity contribution >= 4 is 11.6 Å². The van der Waals surface area contributed by atoms with Crippen LogP contribution in [0.2, 0.25) is 0 Å². The summed E-state index contributed by atoms with van der Waals surface area (Å²) in [5, 5.41) is 1.93. The second-order valence-electron chi connectivity index (χ2n) is 5.91. The minimum atomic E-state index is 0.0707. The molecule has 3 nitrogen and oxygen atoms in total. The largest absolute Gasteiger partial charge is 0.281 e. The highest BCUT2D eigenvalue weighted by molar-refractivity contribution is 5.78. The molecule has 1 aliphatic carbocycles. The van der Waals surface area contributed by atoms with Crippen molar-refractivity contribution < 1.29 is 4.79 Å². The summed E-state index contributed by atoms with van der Waals surface area (Å²) in [6.07, 6.45) is 7.04. The van der Waals surface area contributed by atoms with Crippen LogP contribution in [0.3, 0.4) is 0 Å². The van der Waals surface area contributed by atoms with Gasteiger partial charge in [-0.3, -0.25) is 15.2 Å². The van der Waals surface area contributed by atoms with Crippen LogP contribution in [0.1, 0.15) is 24.8 Å². The van der Waals surface area contributed by atoms with Gasteiger partial charge in [-0.1, -0.05) is 60.7 Å². The maximum atomic E-state index is 12.4. The number of hydrazine groups is 1. The molecule has 23 heavy (non-hydrogen) atoms. The summed E-state index contributed by atoms with van der Waals surface area (Å²) >= 11 is 0. The van der Waals surface area contributed by atoms with Crippen LogP contribution in [0.25, 0.3) is 0 Å². The van der Waals surface area contributed by atoms with Crippen LogP contribution in [0.5, 0.6) is 0 Å². The topological polar surface area (TPSA) is 32.3 Å². The number of benzene rings is 2. The van der Waals surface area contributed by atoms with Gasteiger partial charge in [-0.2, -0.15) is 0 Å². The van der Waals surface area contributed by atoms with E-state index < -0.39 is 0 Å². The summed E-state index contributed by atoms with van der Waals surface area (Å²) < 4.78 is 0. The van der Waals surface area contributed by atoms with Crippen LogP contribution in [0.4, 0.5) is 5.69 Å². The zero-order chi connectivity index (χ0) is 15.9. The number of amides is 1. The SMILES string of the molecule is O=C(CC1C=CCC1)NN(Cc1ccccc1)c1ccccc1. The predicted molar refractivity (Wildman–Crippen MR) is 93.7 cm³/mol. The van der Waals surface area contributed by atoms with Crippen molar-refractivity contribution in [2.75, 3.05) is 5.01 Å². The lowest BCUT2D eigenvalue weighted by Crippen LogP contribution is -2.42. The van der Waals surface area contributed by atoms with Gasteiger partial charge < -0.3 is 0 Å². The molecular weight excluding hydrogens is 284 g/mol. The quantitative estimate of drug-likeness (QED) is 0.644. The molecule has 0 bridgehead atoms. The molecule has 3 heteroatoms. The number of carbonyl (C=O) groups is 1. The molecule has 0 aliphatic heterocycles. The van der Waals surface area contributed by atoms with Gasteiger partial charge in [-0.05, 0) is 36.5 Å². The van der Waals surface area contributed by atoms with Crippen molar-refractivity contribution in [3.8, 4) is 0 Å². The summed E-state index contributed by atoms with van der Waals surface area (Å²) in [6.45, 7) is 0.650. The molecule has 0 saturated carbocycles. The van der Waals surface area contributed by atoms with E-state index in [0.717, 1.165) is 24.1 Å². The highest BCUT2D eigenvalue weighted by Crippen LogP contribution is 2.21. The average Bonchev–Trinajstić information content (AvgIpc) is 3.09. The first kappa shape index (κ1) is 15.3. The Morgan fingerprint density at radius 3 is 2.39 bits per heavy atom. The molecule has 0 radical (unpaired) electrons. The normalized spacial score (nSPS) is 16.3. The van der Waals surface area contributed by atoms with E-state index in [9.17, 15) is 4.79 Å². The van der Waals surface area contributed by atoms with Crippen LogP contribution in [0, 0.1) is 5.92 Å². The fourth-order valence-electron chi connectivity index (χ4n) is 2.87. The second-order valence-corrected chi connectivity index (χ2v) is 5.91. The number of anilines is 1. The van der Waals surface area contributed by atoms with Crippen molar-refractivity contribution in [2.45, 2.75) is 25.8 Å². The molecular formula is C20H22N2O. The van der Waals surface area contributed by atoms with E-state index in [0.29, 0.717) is 18.9 Å². The first-order valence-corrected chi connectivity index (χ1v) is 8.14. The first-order valence-electron chi connectivity index (χ1n) is 8.14. The van der Waals surface area contributed by atoms with Crippen molar-refractivity contribution in [3.05, 3.63) is 78.4 Å². The van der Waals surface area contributed by atoms with Gasteiger partial charge in [0.25, 0.3) is 0 Å². The molecule has 0 heterocycles.